The number of para-hydroxylation sites is 2. The number of carbonyl (C=O) groups is 1. The maximum atomic E-state index is 11.7. The van der Waals surface area contributed by atoms with E-state index in [1.54, 1.807) is 6.07 Å². The molecular weight excluding hydrogens is 250 g/mol. The molecule has 1 aromatic carbocycles. The molecule has 1 aliphatic heterocycles. The van der Waals surface area contributed by atoms with E-state index in [2.05, 4.69) is 10.3 Å². The van der Waals surface area contributed by atoms with E-state index in [0.29, 0.717) is 11.0 Å². The second-order valence-electron chi connectivity index (χ2n) is 3.97. The number of benzene rings is 1. The first kappa shape index (κ1) is 11.0. The summed E-state index contributed by atoms with van der Waals surface area (Å²) in [6.07, 6.45) is 0. The van der Waals surface area contributed by atoms with Crippen molar-refractivity contribution in [1.82, 2.24) is 4.98 Å². The SMILES string of the molecule is O=C1CN(c2cccc(Cl)n2)c2ccccc2N1. The zero-order valence-corrected chi connectivity index (χ0v) is 10.2. The molecule has 1 amide bonds. The lowest BCUT2D eigenvalue weighted by molar-refractivity contribution is -0.115. The average Bonchev–Trinajstić information content (AvgIpc) is 2.37. The van der Waals surface area contributed by atoms with Gasteiger partial charge in [0.1, 0.15) is 17.5 Å². The molecule has 0 saturated heterocycles. The number of nitrogens with one attached hydrogen (secondary N) is 1. The topological polar surface area (TPSA) is 45.2 Å². The van der Waals surface area contributed by atoms with E-state index in [1.165, 1.54) is 0 Å². The van der Waals surface area contributed by atoms with Gasteiger partial charge in [-0.3, -0.25) is 4.79 Å². The Morgan fingerprint density at radius 1 is 1.17 bits per heavy atom. The molecule has 0 fully saturated rings. The molecule has 0 bridgehead atoms. The molecule has 0 unspecified atom stereocenters. The molecule has 1 aromatic heterocycles. The Balaban J connectivity index is 2.10. The lowest BCUT2D eigenvalue weighted by atomic mass is 10.2. The fourth-order valence-corrected chi connectivity index (χ4v) is 2.14. The first-order chi connectivity index (χ1) is 8.74. The molecule has 0 atom stereocenters. The molecule has 3 rings (SSSR count). The van der Waals surface area contributed by atoms with Crippen molar-refractivity contribution >= 4 is 34.7 Å². The molecule has 0 spiro atoms. The number of amides is 1. The number of halogens is 1. The van der Waals surface area contributed by atoms with E-state index >= 15 is 0 Å². The van der Waals surface area contributed by atoms with Gasteiger partial charge in [0.05, 0.1) is 11.4 Å². The second kappa shape index (κ2) is 4.31. The maximum Gasteiger partial charge on any atom is 0.244 e. The summed E-state index contributed by atoms with van der Waals surface area (Å²) in [5, 5.41) is 3.25. The number of carbonyl (C=O) groups excluding carboxylic acids is 1. The van der Waals surface area contributed by atoms with Gasteiger partial charge in [0.15, 0.2) is 0 Å². The van der Waals surface area contributed by atoms with Crippen LogP contribution in [-0.2, 0) is 4.79 Å². The molecule has 5 heteroatoms. The van der Waals surface area contributed by atoms with Crippen molar-refractivity contribution < 1.29 is 4.79 Å². The van der Waals surface area contributed by atoms with E-state index in [9.17, 15) is 4.79 Å². The summed E-state index contributed by atoms with van der Waals surface area (Å²) < 4.78 is 0. The van der Waals surface area contributed by atoms with Crippen LogP contribution < -0.4 is 10.2 Å². The molecule has 90 valence electrons. The minimum absolute atomic E-state index is 0.0597. The number of aromatic nitrogens is 1. The predicted molar refractivity (Wildman–Crippen MR) is 71.3 cm³/mol. The number of rotatable bonds is 1. The monoisotopic (exact) mass is 259 g/mol. The highest BCUT2D eigenvalue weighted by Crippen LogP contribution is 2.33. The third-order valence-corrected chi connectivity index (χ3v) is 2.96. The van der Waals surface area contributed by atoms with E-state index in [-0.39, 0.29) is 12.5 Å². The van der Waals surface area contributed by atoms with Gasteiger partial charge in [0.2, 0.25) is 5.91 Å². The van der Waals surface area contributed by atoms with Gasteiger partial charge in [0.25, 0.3) is 0 Å². The Morgan fingerprint density at radius 3 is 2.83 bits per heavy atom. The van der Waals surface area contributed by atoms with Crippen LogP contribution in [0.3, 0.4) is 0 Å². The zero-order chi connectivity index (χ0) is 12.5. The van der Waals surface area contributed by atoms with Crippen LogP contribution in [0.1, 0.15) is 0 Å². The van der Waals surface area contributed by atoms with E-state index in [0.717, 1.165) is 11.4 Å². The normalized spacial score (nSPS) is 14.1. The molecular formula is C13H10ClN3O. The first-order valence-electron chi connectivity index (χ1n) is 5.53. The smallest absolute Gasteiger partial charge is 0.244 e. The molecule has 4 nitrogen and oxygen atoms in total. The fourth-order valence-electron chi connectivity index (χ4n) is 1.99. The summed E-state index contributed by atoms with van der Waals surface area (Å²) in [6, 6.07) is 13.0. The highest BCUT2D eigenvalue weighted by Gasteiger charge is 2.23. The van der Waals surface area contributed by atoms with Crippen LogP contribution in [0.15, 0.2) is 42.5 Å². The Kier molecular flexibility index (Phi) is 2.64. The summed E-state index contributed by atoms with van der Waals surface area (Å²) in [4.78, 5) is 17.8. The largest absolute Gasteiger partial charge is 0.323 e. The predicted octanol–water partition coefficient (Wildman–Crippen LogP) is 2.83. The van der Waals surface area contributed by atoms with Crippen LogP contribution in [0.5, 0.6) is 0 Å². The standard InChI is InChI=1S/C13H10ClN3O/c14-11-6-3-7-12(16-11)17-8-13(18)15-9-4-1-2-5-10(9)17/h1-7H,8H2,(H,15,18). The zero-order valence-electron chi connectivity index (χ0n) is 9.43. The average molecular weight is 260 g/mol. The Hall–Kier alpha value is -2.07. The van der Waals surface area contributed by atoms with Crippen molar-refractivity contribution in [2.75, 3.05) is 16.8 Å². The van der Waals surface area contributed by atoms with Gasteiger partial charge in [-0.05, 0) is 24.3 Å². The van der Waals surface area contributed by atoms with Crippen molar-refractivity contribution in [3.63, 3.8) is 0 Å². The van der Waals surface area contributed by atoms with Crippen LogP contribution in [0.2, 0.25) is 5.15 Å². The van der Waals surface area contributed by atoms with Gasteiger partial charge in [-0.2, -0.15) is 0 Å². The lowest BCUT2D eigenvalue weighted by Gasteiger charge is -2.29. The van der Waals surface area contributed by atoms with Crippen LogP contribution >= 0.6 is 11.6 Å². The van der Waals surface area contributed by atoms with E-state index in [1.807, 2.05) is 41.3 Å². The minimum atomic E-state index is -0.0597. The molecule has 0 radical (unpaired) electrons. The molecule has 2 heterocycles. The Labute approximate surface area is 109 Å². The van der Waals surface area contributed by atoms with E-state index < -0.39 is 0 Å². The van der Waals surface area contributed by atoms with Crippen molar-refractivity contribution in [3.05, 3.63) is 47.6 Å². The fraction of sp³-hybridized carbons (Fsp3) is 0.0769. The van der Waals surface area contributed by atoms with Crippen LogP contribution in [0.25, 0.3) is 0 Å². The minimum Gasteiger partial charge on any atom is -0.323 e. The summed E-state index contributed by atoms with van der Waals surface area (Å²) >= 11 is 5.89. The molecule has 2 aromatic rings. The van der Waals surface area contributed by atoms with Crippen LogP contribution in [-0.4, -0.2) is 17.4 Å². The molecule has 18 heavy (non-hydrogen) atoms. The molecule has 1 N–H and O–H groups in total. The highest BCUT2D eigenvalue weighted by molar-refractivity contribution is 6.29. The second-order valence-corrected chi connectivity index (χ2v) is 4.36. The number of anilines is 3. The summed E-state index contributed by atoms with van der Waals surface area (Å²) in [6.45, 7) is 0.240. The van der Waals surface area contributed by atoms with Crippen molar-refractivity contribution in [1.29, 1.82) is 0 Å². The van der Waals surface area contributed by atoms with Gasteiger partial charge >= 0.3 is 0 Å². The summed E-state index contributed by atoms with van der Waals surface area (Å²) in [7, 11) is 0. The van der Waals surface area contributed by atoms with Crippen molar-refractivity contribution in [3.8, 4) is 0 Å². The number of pyridine rings is 1. The first-order valence-corrected chi connectivity index (χ1v) is 5.91. The van der Waals surface area contributed by atoms with Gasteiger partial charge in [0, 0.05) is 0 Å². The van der Waals surface area contributed by atoms with Crippen LogP contribution in [0, 0.1) is 0 Å². The van der Waals surface area contributed by atoms with Gasteiger partial charge < -0.3 is 10.2 Å². The lowest BCUT2D eigenvalue weighted by Crippen LogP contribution is -2.35. The Bertz CT molecular complexity index is 615. The van der Waals surface area contributed by atoms with Gasteiger partial charge in [-0.15, -0.1) is 0 Å². The molecule has 1 aliphatic rings. The van der Waals surface area contributed by atoms with Crippen molar-refractivity contribution in [2.24, 2.45) is 0 Å². The van der Waals surface area contributed by atoms with Crippen LogP contribution in [0.4, 0.5) is 17.2 Å². The van der Waals surface area contributed by atoms with Gasteiger partial charge in [-0.1, -0.05) is 29.8 Å². The maximum absolute atomic E-state index is 11.7. The summed E-state index contributed by atoms with van der Waals surface area (Å²) in [5.74, 6) is 0.611. The number of hydrogen-bond donors (Lipinski definition) is 1. The number of fused-ring (bicyclic) bond motifs is 1. The third-order valence-electron chi connectivity index (χ3n) is 2.75. The quantitative estimate of drug-likeness (QED) is 0.801. The third kappa shape index (κ3) is 1.91. The number of hydrogen-bond acceptors (Lipinski definition) is 3. The highest BCUT2D eigenvalue weighted by atomic mass is 35.5. The van der Waals surface area contributed by atoms with E-state index in [4.69, 9.17) is 11.6 Å². The molecule has 0 aliphatic carbocycles. The molecule has 0 saturated carbocycles. The van der Waals surface area contributed by atoms with Gasteiger partial charge in [-0.25, -0.2) is 4.98 Å². The summed E-state index contributed by atoms with van der Waals surface area (Å²) in [5.41, 5.74) is 1.71. The Morgan fingerprint density at radius 2 is 2.00 bits per heavy atom. The van der Waals surface area contributed by atoms with Crippen molar-refractivity contribution in [2.45, 2.75) is 0 Å². The number of nitrogens with zero attached hydrogens (tertiary/aromatic N) is 2.